The molecule has 0 saturated heterocycles. The van der Waals surface area contributed by atoms with Crippen LogP contribution in [0.15, 0.2) is 53.4 Å². The summed E-state index contributed by atoms with van der Waals surface area (Å²) in [6, 6.07) is 16.4. The first kappa shape index (κ1) is 20.4. The van der Waals surface area contributed by atoms with Gasteiger partial charge in [0.15, 0.2) is 0 Å². The van der Waals surface area contributed by atoms with Gasteiger partial charge in [-0.2, -0.15) is 0 Å². The van der Waals surface area contributed by atoms with Gasteiger partial charge in [-0.15, -0.1) is 11.8 Å². The number of ether oxygens (including phenoxy) is 1. The van der Waals surface area contributed by atoms with E-state index in [1.54, 1.807) is 11.8 Å². The second-order valence-corrected chi connectivity index (χ2v) is 8.90. The van der Waals surface area contributed by atoms with E-state index in [1.807, 2.05) is 31.2 Å². The molecule has 1 N–H and O–H groups in total. The average Bonchev–Trinajstić information content (AvgIpc) is 2.60. The van der Waals surface area contributed by atoms with Gasteiger partial charge in [0.25, 0.3) is 0 Å². The van der Waals surface area contributed by atoms with Gasteiger partial charge >= 0.3 is 0 Å². The zero-order chi connectivity index (χ0) is 19.2. The first-order valence-corrected chi connectivity index (χ1v) is 9.88. The summed E-state index contributed by atoms with van der Waals surface area (Å²) in [6.07, 6.45) is 0. The van der Waals surface area contributed by atoms with Crippen molar-refractivity contribution in [3.05, 3.63) is 59.7 Å². The van der Waals surface area contributed by atoms with E-state index in [4.69, 9.17) is 4.74 Å². The minimum absolute atomic E-state index is 0.0299. The highest BCUT2D eigenvalue weighted by Gasteiger charge is 2.14. The summed E-state index contributed by atoms with van der Waals surface area (Å²) in [6.45, 7) is 11.5. The first-order valence-electron chi connectivity index (χ1n) is 9.00. The Hall–Kier alpha value is -1.94. The van der Waals surface area contributed by atoms with E-state index in [9.17, 15) is 4.79 Å². The minimum atomic E-state index is -0.135. The number of hydrogen-bond donors (Lipinski definition) is 1. The zero-order valence-corrected chi connectivity index (χ0v) is 17.2. The largest absolute Gasteiger partial charge is 0.492 e. The van der Waals surface area contributed by atoms with Crippen molar-refractivity contribution in [3.8, 4) is 5.75 Å². The highest BCUT2D eigenvalue weighted by atomic mass is 32.2. The van der Waals surface area contributed by atoms with Crippen molar-refractivity contribution in [3.63, 3.8) is 0 Å². The summed E-state index contributed by atoms with van der Waals surface area (Å²) in [5.41, 5.74) is 2.64. The van der Waals surface area contributed by atoms with Crippen LogP contribution in [0.25, 0.3) is 0 Å². The van der Waals surface area contributed by atoms with E-state index in [-0.39, 0.29) is 16.6 Å². The van der Waals surface area contributed by atoms with Crippen LogP contribution in [0.3, 0.4) is 0 Å². The van der Waals surface area contributed by atoms with Crippen LogP contribution in [0.4, 0.5) is 0 Å². The number of thioether (sulfide) groups is 1. The van der Waals surface area contributed by atoms with Crippen LogP contribution in [-0.4, -0.2) is 24.3 Å². The summed E-state index contributed by atoms with van der Waals surface area (Å²) in [5.74, 6) is 0.858. The smallest absolute Gasteiger partial charge is 0.233 e. The van der Waals surface area contributed by atoms with Gasteiger partial charge in [-0.1, -0.05) is 50.6 Å². The third-order valence-electron chi connectivity index (χ3n) is 4.09. The molecule has 1 unspecified atom stereocenters. The van der Waals surface area contributed by atoms with Crippen LogP contribution in [0.2, 0.25) is 0 Å². The summed E-state index contributed by atoms with van der Waals surface area (Å²) < 4.78 is 5.71. The number of rotatable bonds is 7. The summed E-state index contributed by atoms with van der Waals surface area (Å²) in [7, 11) is 0. The Balaban J connectivity index is 1.71. The van der Waals surface area contributed by atoms with Crippen molar-refractivity contribution in [1.29, 1.82) is 0 Å². The van der Waals surface area contributed by atoms with Crippen LogP contribution >= 0.6 is 11.8 Å². The molecule has 0 spiro atoms. The fraction of sp³-hybridized carbons (Fsp3) is 0.409. The van der Waals surface area contributed by atoms with Gasteiger partial charge in [0.1, 0.15) is 12.4 Å². The summed E-state index contributed by atoms with van der Waals surface area (Å²) >= 11 is 1.57. The molecule has 0 heterocycles. The zero-order valence-electron chi connectivity index (χ0n) is 16.3. The molecule has 2 aromatic carbocycles. The third-order valence-corrected chi connectivity index (χ3v) is 5.21. The Kier molecular flexibility index (Phi) is 7.15. The van der Waals surface area contributed by atoms with Gasteiger partial charge in [0, 0.05) is 4.90 Å². The van der Waals surface area contributed by atoms with Gasteiger partial charge < -0.3 is 10.1 Å². The summed E-state index contributed by atoms with van der Waals surface area (Å²) in [5, 5.41) is 2.80. The van der Waals surface area contributed by atoms with Crippen molar-refractivity contribution < 1.29 is 9.53 Å². The number of carbonyl (C=O) groups is 1. The van der Waals surface area contributed by atoms with E-state index in [0.717, 1.165) is 10.6 Å². The lowest BCUT2D eigenvalue weighted by Gasteiger charge is -2.19. The van der Waals surface area contributed by atoms with Crippen molar-refractivity contribution >= 4 is 17.7 Å². The van der Waals surface area contributed by atoms with Crippen LogP contribution < -0.4 is 10.1 Å². The SMILES string of the molecule is Cc1ccc(SC(C)C(=O)NCCOc2ccc(C(C)(C)C)cc2)cc1. The summed E-state index contributed by atoms with van der Waals surface area (Å²) in [4.78, 5) is 13.3. The Labute approximate surface area is 161 Å². The average molecular weight is 372 g/mol. The highest BCUT2D eigenvalue weighted by molar-refractivity contribution is 8.00. The molecule has 1 amide bonds. The van der Waals surface area contributed by atoms with Gasteiger partial charge in [0.2, 0.25) is 5.91 Å². The maximum Gasteiger partial charge on any atom is 0.233 e. The fourth-order valence-electron chi connectivity index (χ4n) is 2.41. The van der Waals surface area contributed by atoms with E-state index >= 15 is 0 Å². The normalized spacial score (nSPS) is 12.5. The van der Waals surface area contributed by atoms with E-state index in [0.29, 0.717) is 13.2 Å². The lowest BCUT2D eigenvalue weighted by Crippen LogP contribution is -2.33. The predicted molar refractivity (Wildman–Crippen MR) is 110 cm³/mol. The van der Waals surface area contributed by atoms with Crippen molar-refractivity contribution in [2.24, 2.45) is 0 Å². The third kappa shape index (κ3) is 6.41. The molecule has 2 rings (SSSR count). The molecule has 2 aromatic rings. The molecule has 0 aliphatic heterocycles. The van der Waals surface area contributed by atoms with Crippen LogP contribution in [0.1, 0.15) is 38.8 Å². The standard InChI is InChI=1S/C22H29NO2S/c1-16-6-12-20(13-7-16)26-17(2)21(24)23-14-15-25-19-10-8-18(9-11-19)22(3,4)5/h6-13,17H,14-15H2,1-5H3,(H,23,24). The molecule has 0 saturated carbocycles. The molecule has 0 bridgehead atoms. The fourth-order valence-corrected chi connectivity index (χ4v) is 3.30. The molecular formula is C22H29NO2S. The van der Waals surface area contributed by atoms with Crippen molar-refractivity contribution in [2.45, 2.75) is 50.2 Å². The number of carbonyl (C=O) groups excluding carboxylic acids is 1. The second kappa shape index (κ2) is 9.13. The predicted octanol–water partition coefficient (Wildman–Crippen LogP) is 4.97. The quantitative estimate of drug-likeness (QED) is 0.552. The molecule has 3 nitrogen and oxygen atoms in total. The van der Waals surface area contributed by atoms with Crippen molar-refractivity contribution in [2.75, 3.05) is 13.2 Å². The minimum Gasteiger partial charge on any atom is -0.492 e. The molecule has 26 heavy (non-hydrogen) atoms. The molecule has 0 fully saturated rings. The molecule has 0 radical (unpaired) electrons. The first-order chi connectivity index (χ1) is 12.3. The Morgan fingerprint density at radius 2 is 1.69 bits per heavy atom. The van der Waals surface area contributed by atoms with Gasteiger partial charge in [-0.05, 0) is 49.1 Å². The number of hydrogen-bond acceptors (Lipinski definition) is 3. The topological polar surface area (TPSA) is 38.3 Å². The molecule has 1 atom stereocenters. The molecule has 140 valence electrons. The highest BCUT2D eigenvalue weighted by Crippen LogP contribution is 2.24. The lowest BCUT2D eigenvalue weighted by molar-refractivity contribution is -0.120. The van der Waals surface area contributed by atoms with Crippen molar-refractivity contribution in [1.82, 2.24) is 5.32 Å². The van der Waals surface area contributed by atoms with Crippen LogP contribution in [0, 0.1) is 6.92 Å². The molecule has 0 aliphatic rings. The molecule has 0 aromatic heterocycles. The number of amides is 1. The monoisotopic (exact) mass is 371 g/mol. The van der Waals surface area contributed by atoms with Gasteiger partial charge in [-0.3, -0.25) is 4.79 Å². The van der Waals surface area contributed by atoms with Crippen LogP contribution in [0.5, 0.6) is 5.75 Å². The molecular weight excluding hydrogens is 342 g/mol. The number of benzene rings is 2. The maximum atomic E-state index is 12.2. The number of nitrogens with one attached hydrogen (secondary N) is 1. The molecule has 0 aliphatic carbocycles. The van der Waals surface area contributed by atoms with E-state index < -0.39 is 0 Å². The maximum absolute atomic E-state index is 12.2. The van der Waals surface area contributed by atoms with E-state index in [1.165, 1.54) is 11.1 Å². The van der Waals surface area contributed by atoms with Gasteiger partial charge in [-0.25, -0.2) is 0 Å². The molecule has 4 heteroatoms. The van der Waals surface area contributed by atoms with E-state index in [2.05, 4.69) is 57.3 Å². The Morgan fingerprint density at radius 1 is 1.08 bits per heavy atom. The van der Waals surface area contributed by atoms with Gasteiger partial charge in [0.05, 0.1) is 11.8 Å². The lowest BCUT2D eigenvalue weighted by atomic mass is 9.87. The number of aryl methyl sites for hydroxylation is 1. The Morgan fingerprint density at radius 3 is 2.27 bits per heavy atom. The Bertz CT molecular complexity index is 702. The van der Waals surface area contributed by atoms with Crippen LogP contribution in [-0.2, 0) is 10.2 Å². The second-order valence-electron chi connectivity index (χ2n) is 7.49.